The average molecular weight is 310 g/mol. The molecule has 1 aromatic rings. The first-order valence-electron chi connectivity index (χ1n) is 7.31. The Labute approximate surface area is 129 Å². The van der Waals surface area contributed by atoms with E-state index in [1.807, 2.05) is 30.2 Å². The van der Waals surface area contributed by atoms with E-state index < -0.39 is 0 Å². The van der Waals surface area contributed by atoms with Gasteiger partial charge >= 0.3 is 0 Å². The minimum atomic E-state index is -0.0638. The minimum Gasteiger partial charge on any atom is -0.372 e. The van der Waals surface area contributed by atoms with Crippen LogP contribution in [0.15, 0.2) is 17.5 Å². The van der Waals surface area contributed by atoms with Crippen LogP contribution in [-0.4, -0.2) is 48.6 Å². The summed E-state index contributed by atoms with van der Waals surface area (Å²) < 4.78 is 5.62. The van der Waals surface area contributed by atoms with E-state index in [0.29, 0.717) is 37.4 Å². The molecule has 6 heteroatoms. The first-order chi connectivity index (χ1) is 10.1. The molecule has 0 saturated carbocycles. The maximum atomic E-state index is 12.1. The Bertz CT molecular complexity index is 465. The van der Waals surface area contributed by atoms with E-state index in [4.69, 9.17) is 4.74 Å². The van der Waals surface area contributed by atoms with Crippen LogP contribution in [0.5, 0.6) is 0 Å². The van der Waals surface area contributed by atoms with Crippen molar-refractivity contribution < 1.29 is 14.3 Å². The van der Waals surface area contributed by atoms with Crippen LogP contribution in [0.1, 0.15) is 36.4 Å². The van der Waals surface area contributed by atoms with Crippen molar-refractivity contribution in [2.24, 2.45) is 0 Å². The highest BCUT2D eigenvalue weighted by Gasteiger charge is 2.25. The van der Waals surface area contributed by atoms with Gasteiger partial charge in [-0.15, -0.1) is 11.3 Å². The predicted octanol–water partition coefficient (Wildman–Crippen LogP) is 1.89. The number of hydrogen-bond acceptors (Lipinski definition) is 4. The summed E-state index contributed by atoms with van der Waals surface area (Å²) in [6.07, 6.45) is 1.31. The summed E-state index contributed by atoms with van der Waals surface area (Å²) in [5.41, 5.74) is 0. The normalized spacial score (nSPS) is 22.1. The third-order valence-corrected chi connectivity index (χ3v) is 4.24. The second-order valence-electron chi connectivity index (χ2n) is 5.39. The second-order valence-corrected chi connectivity index (χ2v) is 6.34. The molecular weight excluding hydrogens is 288 g/mol. The number of morpholine rings is 1. The molecule has 0 radical (unpaired) electrons. The van der Waals surface area contributed by atoms with Crippen molar-refractivity contribution in [3.05, 3.63) is 22.4 Å². The summed E-state index contributed by atoms with van der Waals surface area (Å²) in [5.74, 6) is 0.0773. The molecule has 1 fully saturated rings. The Hall–Kier alpha value is -1.40. The Morgan fingerprint density at radius 2 is 2.10 bits per heavy atom. The molecule has 0 aliphatic carbocycles. The first-order valence-corrected chi connectivity index (χ1v) is 8.19. The standard InChI is InChI=1S/C15H22N2O3S/c1-11-9-17(10-12(2)20-11)14(18)6-3-7-16-15(19)13-5-4-8-21-13/h4-5,8,11-12H,3,6-7,9-10H2,1-2H3,(H,16,19). The largest absolute Gasteiger partial charge is 0.372 e. The van der Waals surface area contributed by atoms with Gasteiger partial charge in [0.2, 0.25) is 5.91 Å². The Kier molecular flexibility index (Phi) is 5.76. The number of thiophene rings is 1. The molecule has 5 nitrogen and oxygen atoms in total. The van der Waals surface area contributed by atoms with Gasteiger partial charge in [-0.1, -0.05) is 6.07 Å². The lowest BCUT2D eigenvalue weighted by molar-refractivity contribution is -0.143. The third-order valence-electron chi connectivity index (χ3n) is 3.37. The molecule has 1 aliphatic rings. The van der Waals surface area contributed by atoms with Gasteiger partial charge in [0.1, 0.15) is 0 Å². The van der Waals surface area contributed by atoms with E-state index in [0.717, 1.165) is 0 Å². The van der Waals surface area contributed by atoms with Crippen molar-refractivity contribution in [2.45, 2.75) is 38.9 Å². The number of carbonyl (C=O) groups excluding carboxylic acids is 2. The molecular formula is C15H22N2O3S. The number of hydrogen-bond donors (Lipinski definition) is 1. The van der Waals surface area contributed by atoms with Crippen molar-refractivity contribution in [3.8, 4) is 0 Å². The highest BCUT2D eigenvalue weighted by atomic mass is 32.1. The summed E-state index contributed by atoms with van der Waals surface area (Å²) in [6, 6.07) is 3.64. The number of rotatable bonds is 5. The molecule has 0 aromatic carbocycles. The van der Waals surface area contributed by atoms with Crippen molar-refractivity contribution in [2.75, 3.05) is 19.6 Å². The molecule has 0 spiro atoms. The van der Waals surface area contributed by atoms with Gasteiger partial charge in [0.25, 0.3) is 5.91 Å². The number of nitrogens with one attached hydrogen (secondary N) is 1. The number of ether oxygens (including phenoxy) is 1. The third kappa shape index (κ3) is 4.82. The minimum absolute atomic E-state index is 0.0638. The van der Waals surface area contributed by atoms with Gasteiger partial charge in [-0.05, 0) is 31.7 Å². The van der Waals surface area contributed by atoms with Crippen LogP contribution in [0.4, 0.5) is 0 Å². The zero-order valence-electron chi connectivity index (χ0n) is 12.5. The Morgan fingerprint density at radius 1 is 1.38 bits per heavy atom. The summed E-state index contributed by atoms with van der Waals surface area (Å²) >= 11 is 1.42. The van der Waals surface area contributed by atoms with Gasteiger partial charge < -0.3 is 15.0 Å². The van der Waals surface area contributed by atoms with Crippen LogP contribution >= 0.6 is 11.3 Å². The fourth-order valence-electron chi connectivity index (χ4n) is 2.48. The van der Waals surface area contributed by atoms with Gasteiger partial charge in [-0.3, -0.25) is 9.59 Å². The summed E-state index contributed by atoms with van der Waals surface area (Å²) in [7, 11) is 0. The van der Waals surface area contributed by atoms with Gasteiger partial charge in [0.15, 0.2) is 0 Å². The fraction of sp³-hybridized carbons (Fsp3) is 0.600. The number of amides is 2. The molecule has 1 N–H and O–H groups in total. The molecule has 0 bridgehead atoms. The summed E-state index contributed by atoms with van der Waals surface area (Å²) in [4.78, 5) is 26.4. The van der Waals surface area contributed by atoms with Crippen LogP contribution in [0, 0.1) is 0 Å². The van der Waals surface area contributed by atoms with Crippen LogP contribution in [-0.2, 0) is 9.53 Å². The zero-order chi connectivity index (χ0) is 15.2. The first kappa shape index (κ1) is 16.0. The number of carbonyl (C=O) groups is 2. The summed E-state index contributed by atoms with van der Waals surface area (Å²) in [6.45, 7) is 5.81. The van der Waals surface area contributed by atoms with E-state index in [1.54, 1.807) is 6.07 Å². The SMILES string of the molecule is CC1CN(C(=O)CCCNC(=O)c2cccs2)CC(C)O1. The zero-order valence-corrected chi connectivity index (χ0v) is 13.3. The maximum Gasteiger partial charge on any atom is 0.261 e. The van der Waals surface area contributed by atoms with Gasteiger partial charge in [-0.25, -0.2) is 0 Å². The molecule has 1 aromatic heterocycles. The molecule has 2 heterocycles. The van der Waals surface area contributed by atoms with Crippen LogP contribution in [0.3, 0.4) is 0 Å². The topological polar surface area (TPSA) is 58.6 Å². The fourth-order valence-corrected chi connectivity index (χ4v) is 3.12. The van der Waals surface area contributed by atoms with Crippen LogP contribution in [0.2, 0.25) is 0 Å². The quantitative estimate of drug-likeness (QED) is 0.845. The van der Waals surface area contributed by atoms with Gasteiger partial charge in [0.05, 0.1) is 17.1 Å². The molecule has 1 saturated heterocycles. The summed E-state index contributed by atoms with van der Waals surface area (Å²) in [5, 5.41) is 4.71. The lowest BCUT2D eigenvalue weighted by Crippen LogP contribution is -2.48. The average Bonchev–Trinajstić information content (AvgIpc) is 2.96. The van der Waals surface area contributed by atoms with E-state index >= 15 is 0 Å². The van der Waals surface area contributed by atoms with Crippen LogP contribution in [0.25, 0.3) is 0 Å². The lowest BCUT2D eigenvalue weighted by atomic mass is 10.2. The van der Waals surface area contributed by atoms with Crippen molar-refractivity contribution in [1.82, 2.24) is 10.2 Å². The smallest absolute Gasteiger partial charge is 0.261 e. The van der Waals surface area contributed by atoms with Crippen molar-refractivity contribution in [1.29, 1.82) is 0 Å². The van der Waals surface area contributed by atoms with Gasteiger partial charge in [0, 0.05) is 26.1 Å². The molecule has 21 heavy (non-hydrogen) atoms. The molecule has 2 atom stereocenters. The van der Waals surface area contributed by atoms with Crippen molar-refractivity contribution in [3.63, 3.8) is 0 Å². The van der Waals surface area contributed by atoms with Crippen molar-refractivity contribution >= 4 is 23.2 Å². The van der Waals surface area contributed by atoms with E-state index in [-0.39, 0.29) is 24.0 Å². The lowest BCUT2D eigenvalue weighted by Gasteiger charge is -2.35. The molecule has 2 amide bonds. The molecule has 2 unspecified atom stereocenters. The monoisotopic (exact) mass is 310 g/mol. The van der Waals surface area contributed by atoms with E-state index in [2.05, 4.69) is 5.32 Å². The second kappa shape index (κ2) is 7.56. The molecule has 1 aliphatic heterocycles. The highest BCUT2D eigenvalue weighted by Crippen LogP contribution is 2.12. The Balaban J connectivity index is 1.66. The highest BCUT2D eigenvalue weighted by molar-refractivity contribution is 7.12. The maximum absolute atomic E-state index is 12.1. The van der Waals surface area contributed by atoms with Gasteiger partial charge in [-0.2, -0.15) is 0 Å². The number of nitrogens with zero attached hydrogens (tertiary/aromatic N) is 1. The van der Waals surface area contributed by atoms with E-state index in [9.17, 15) is 9.59 Å². The van der Waals surface area contributed by atoms with E-state index in [1.165, 1.54) is 11.3 Å². The Morgan fingerprint density at radius 3 is 2.71 bits per heavy atom. The van der Waals surface area contributed by atoms with Crippen LogP contribution < -0.4 is 5.32 Å². The predicted molar refractivity (Wildman–Crippen MR) is 82.5 cm³/mol. The molecule has 2 rings (SSSR count). The molecule has 116 valence electrons.